The number of nitrogens with one attached hydrogen (secondary N) is 2. The van der Waals surface area contributed by atoms with Crippen LogP contribution in [-0.4, -0.2) is 70.2 Å². The molecule has 0 aliphatic carbocycles. The summed E-state index contributed by atoms with van der Waals surface area (Å²) >= 11 is 0. The molecule has 2 N–H and O–H groups in total. The van der Waals surface area contributed by atoms with Gasteiger partial charge in [-0.3, -0.25) is 14.4 Å². The quantitative estimate of drug-likeness (QED) is 0.488. The van der Waals surface area contributed by atoms with Crippen LogP contribution >= 0.6 is 0 Å². The van der Waals surface area contributed by atoms with E-state index < -0.39 is 47.6 Å². The van der Waals surface area contributed by atoms with E-state index >= 15 is 0 Å². The Morgan fingerprint density at radius 2 is 1.69 bits per heavy atom. The zero-order valence-electron chi connectivity index (χ0n) is 21.9. The molecule has 12 nitrogen and oxygen atoms in total. The highest BCUT2D eigenvalue weighted by atomic mass is 16.5. The molecule has 1 fully saturated rings. The number of ether oxygens (including phenoxy) is 1. The molecule has 0 radical (unpaired) electrons. The first kappa shape index (κ1) is 29.9. The Labute approximate surface area is 205 Å². The van der Waals surface area contributed by atoms with Gasteiger partial charge in [0, 0.05) is 13.1 Å². The van der Waals surface area contributed by atoms with Gasteiger partial charge in [0.05, 0.1) is 13.2 Å². The molecule has 198 valence electrons. The largest absolute Gasteiger partial charge is 0.453 e. The minimum atomic E-state index is -0.993. The molecule has 1 aromatic rings. The highest BCUT2D eigenvalue weighted by Crippen LogP contribution is 2.21. The maximum Gasteiger partial charge on any atom is 0.437 e. The maximum absolute atomic E-state index is 13.1. The van der Waals surface area contributed by atoms with Crippen LogP contribution in [0.25, 0.3) is 0 Å². The number of hydrogen-bond donors (Lipinski definition) is 2. The zero-order chi connectivity index (χ0) is 26.9. The molecule has 2 rings (SSSR count). The highest BCUT2D eigenvalue weighted by molar-refractivity contribution is 6.00. The van der Waals surface area contributed by atoms with Gasteiger partial charge in [0.1, 0.15) is 12.1 Å². The van der Waals surface area contributed by atoms with E-state index in [1.807, 2.05) is 13.8 Å². The number of likely N-dealkylation sites (tertiary alicyclic amines) is 1. The molecule has 1 aliphatic heterocycles. The summed E-state index contributed by atoms with van der Waals surface area (Å²) in [7, 11) is 1.21. The first-order chi connectivity index (χ1) is 16.5. The van der Waals surface area contributed by atoms with Crippen LogP contribution in [0.1, 0.15) is 72.0 Å². The molecule has 3 atom stereocenters. The zero-order valence-corrected chi connectivity index (χ0v) is 21.9. The Hall–Kier alpha value is -3.18. The minimum absolute atomic E-state index is 0.234. The molecule has 2 heterocycles. The summed E-state index contributed by atoms with van der Waals surface area (Å²) in [5.74, 6) is -3.19. The molecule has 12 heteroatoms. The number of alkyl carbamates (subject to hydrolysis) is 1. The van der Waals surface area contributed by atoms with Crippen molar-refractivity contribution in [3.05, 3.63) is 16.4 Å². The summed E-state index contributed by atoms with van der Waals surface area (Å²) in [4.78, 5) is 64.0. The van der Waals surface area contributed by atoms with Crippen molar-refractivity contribution >= 4 is 23.7 Å². The Morgan fingerprint density at radius 3 is 2.17 bits per heavy atom. The number of amides is 3. The van der Waals surface area contributed by atoms with Crippen LogP contribution in [0.4, 0.5) is 4.79 Å². The number of ketones is 1. The van der Waals surface area contributed by atoms with Crippen molar-refractivity contribution in [1.29, 1.82) is 0 Å². The summed E-state index contributed by atoms with van der Waals surface area (Å²) in [5.41, 5.74) is 0. The second kappa shape index (κ2) is 13.6. The van der Waals surface area contributed by atoms with Crippen molar-refractivity contribution in [1.82, 2.24) is 25.3 Å². The minimum Gasteiger partial charge on any atom is -0.453 e. The van der Waals surface area contributed by atoms with Gasteiger partial charge >= 0.3 is 11.8 Å². The van der Waals surface area contributed by atoms with E-state index in [1.165, 1.54) is 12.0 Å². The Bertz CT molecular complexity index is 937. The summed E-state index contributed by atoms with van der Waals surface area (Å²) in [6.45, 7) is 13.3. The van der Waals surface area contributed by atoms with E-state index in [9.17, 15) is 24.0 Å². The average Bonchev–Trinajstić information content (AvgIpc) is 3.47. The van der Waals surface area contributed by atoms with E-state index in [0.717, 1.165) is 4.68 Å². The van der Waals surface area contributed by atoms with E-state index in [1.54, 1.807) is 34.6 Å². The fourth-order valence-electron chi connectivity index (χ4n) is 3.70. The van der Waals surface area contributed by atoms with Crippen LogP contribution in [0, 0.1) is 11.8 Å². The molecule has 1 aromatic heterocycles. The summed E-state index contributed by atoms with van der Waals surface area (Å²) in [6.07, 6.45) is 0.281. The van der Waals surface area contributed by atoms with Crippen molar-refractivity contribution in [3.8, 4) is 0 Å². The second-order valence-electron chi connectivity index (χ2n) is 8.63. The fraction of sp³-hybridized carbons (Fsp3) is 0.739. The first-order valence-electron chi connectivity index (χ1n) is 12.1. The van der Waals surface area contributed by atoms with Gasteiger partial charge in [-0.15, -0.1) is 5.10 Å². The van der Waals surface area contributed by atoms with Crippen molar-refractivity contribution in [3.63, 3.8) is 0 Å². The summed E-state index contributed by atoms with van der Waals surface area (Å²) < 4.78 is 10.6. The normalized spacial score (nSPS) is 16.9. The lowest BCUT2D eigenvalue weighted by Crippen LogP contribution is -2.57. The predicted molar refractivity (Wildman–Crippen MR) is 128 cm³/mol. The van der Waals surface area contributed by atoms with Gasteiger partial charge in [-0.25, -0.2) is 9.59 Å². The lowest BCUT2D eigenvalue weighted by molar-refractivity contribution is -0.141. The molecule has 3 unspecified atom stereocenters. The number of rotatable bonds is 9. The Kier molecular flexibility index (Phi) is 11.6. The lowest BCUT2D eigenvalue weighted by atomic mass is 9.98. The number of nitrogens with zero attached hydrogens (tertiary/aromatic N) is 3. The standard InChI is InChI=1S/C21H33N5O7.C2H6/c1-7-26-21(31)33-18(24-26)16(27)14(11(2)3)22-17(28)13-9-8-10-25(13)19(29)15(12(4)5)23-20(30)32-6;1-2/h11-15H,7-10H2,1-6H3,(H,22,28)(H,23,30);1-2H3. The van der Waals surface area contributed by atoms with Crippen LogP contribution in [0.15, 0.2) is 9.21 Å². The van der Waals surface area contributed by atoms with Crippen molar-refractivity contribution in [2.45, 2.75) is 86.0 Å². The number of carbonyl (C=O) groups excluding carboxylic acids is 4. The maximum atomic E-state index is 13.1. The fourth-order valence-corrected chi connectivity index (χ4v) is 3.70. The summed E-state index contributed by atoms with van der Waals surface area (Å²) in [5, 5.41) is 9.10. The predicted octanol–water partition coefficient (Wildman–Crippen LogP) is 1.58. The average molecular weight is 498 g/mol. The third-order valence-electron chi connectivity index (χ3n) is 5.59. The molecule has 0 bridgehead atoms. The van der Waals surface area contributed by atoms with Gasteiger partial charge in [0.25, 0.3) is 5.89 Å². The van der Waals surface area contributed by atoms with Gasteiger partial charge in [0.2, 0.25) is 17.6 Å². The number of aromatic nitrogens is 2. The molecule has 1 saturated heterocycles. The van der Waals surface area contributed by atoms with Gasteiger partial charge in [-0.2, -0.15) is 4.68 Å². The number of methoxy groups -OCH3 is 1. The van der Waals surface area contributed by atoms with Crippen LogP contribution in [-0.2, 0) is 20.9 Å². The van der Waals surface area contributed by atoms with Gasteiger partial charge in [-0.05, 0) is 31.6 Å². The SMILES string of the molecule is CC.CCn1nc(C(=O)C(NC(=O)C2CCCN2C(=O)C(NC(=O)OC)C(C)C)C(C)C)oc1=O. The van der Waals surface area contributed by atoms with Crippen LogP contribution in [0.3, 0.4) is 0 Å². The van der Waals surface area contributed by atoms with Crippen LogP contribution < -0.4 is 16.4 Å². The highest BCUT2D eigenvalue weighted by Gasteiger charge is 2.40. The molecule has 0 saturated carbocycles. The third-order valence-corrected chi connectivity index (χ3v) is 5.59. The summed E-state index contributed by atoms with van der Waals surface area (Å²) in [6, 6.07) is -2.65. The number of carbonyl (C=O) groups is 4. The number of aryl methyl sites for hydroxylation is 1. The van der Waals surface area contributed by atoms with Crippen molar-refractivity contribution in [2.24, 2.45) is 11.8 Å². The Morgan fingerprint density at radius 1 is 1.09 bits per heavy atom. The van der Waals surface area contributed by atoms with Gasteiger partial charge in [-0.1, -0.05) is 41.5 Å². The van der Waals surface area contributed by atoms with Crippen molar-refractivity contribution < 1.29 is 28.3 Å². The first-order valence-corrected chi connectivity index (χ1v) is 12.1. The molecule has 0 spiro atoms. The molecule has 35 heavy (non-hydrogen) atoms. The van der Waals surface area contributed by atoms with E-state index in [0.29, 0.717) is 19.4 Å². The topological polar surface area (TPSA) is 153 Å². The second-order valence-corrected chi connectivity index (χ2v) is 8.63. The molecule has 0 aromatic carbocycles. The van der Waals surface area contributed by atoms with E-state index in [4.69, 9.17) is 4.42 Å². The molecular weight excluding hydrogens is 458 g/mol. The lowest BCUT2D eigenvalue weighted by Gasteiger charge is -2.31. The smallest absolute Gasteiger partial charge is 0.437 e. The Balaban J connectivity index is 0.00000298. The number of Topliss-reactive ketones (excluding diaryl/α,β-unsaturated/α-hetero) is 1. The van der Waals surface area contributed by atoms with E-state index in [-0.39, 0.29) is 24.3 Å². The molecule has 1 aliphatic rings. The van der Waals surface area contributed by atoms with E-state index in [2.05, 4.69) is 20.5 Å². The van der Waals surface area contributed by atoms with Gasteiger partial charge in [0.15, 0.2) is 0 Å². The molecular formula is C23H39N5O7. The van der Waals surface area contributed by atoms with Crippen LogP contribution in [0.2, 0.25) is 0 Å². The van der Waals surface area contributed by atoms with Crippen LogP contribution in [0.5, 0.6) is 0 Å². The van der Waals surface area contributed by atoms with Crippen molar-refractivity contribution in [2.75, 3.05) is 13.7 Å². The van der Waals surface area contributed by atoms with Gasteiger partial charge < -0.3 is 24.7 Å². The number of hydrogen-bond acceptors (Lipinski definition) is 8. The third kappa shape index (κ3) is 7.40. The molecule has 3 amide bonds. The monoisotopic (exact) mass is 497 g/mol.